The molecule has 1 aromatic rings. The lowest BCUT2D eigenvalue weighted by Crippen LogP contribution is -2.41. The largest absolute Gasteiger partial charge is 0.511 e. The molecule has 0 aliphatic heterocycles. The van der Waals surface area contributed by atoms with E-state index in [1.807, 2.05) is 20.8 Å². The number of aryl methyl sites for hydroxylation is 1. The molecular weight excluding hydrogens is 445 g/mol. The van der Waals surface area contributed by atoms with E-state index in [9.17, 15) is 33.0 Å². The third kappa shape index (κ3) is 4.41. The molecule has 0 amide bonds. The average molecular weight is 479 g/mol. The van der Waals surface area contributed by atoms with Crippen LogP contribution >= 0.6 is 0 Å². The van der Waals surface area contributed by atoms with Gasteiger partial charge in [0.2, 0.25) is 0 Å². The second-order valence-corrected chi connectivity index (χ2v) is 9.61. The lowest BCUT2D eigenvalue weighted by atomic mass is 9.66. The van der Waals surface area contributed by atoms with Crippen LogP contribution in [0.5, 0.6) is 0 Å². The number of halogens is 3. The van der Waals surface area contributed by atoms with Gasteiger partial charge < -0.3 is 10.2 Å². The molecule has 0 spiro atoms. The van der Waals surface area contributed by atoms with Gasteiger partial charge in [-0.25, -0.2) is 0 Å². The molecule has 2 aliphatic rings. The van der Waals surface area contributed by atoms with Gasteiger partial charge in [-0.05, 0) is 50.2 Å². The molecule has 3 rings (SSSR count). The summed E-state index contributed by atoms with van der Waals surface area (Å²) in [7, 11) is 0. The Morgan fingerprint density at radius 1 is 1.09 bits per heavy atom. The van der Waals surface area contributed by atoms with Crippen LogP contribution in [0.3, 0.4) is 0 Å². The fraction of sp³-hybridized carbons (Fsp3) is 0.556. The zero-order valence-corrected chi connectivity index (χ0v) is 20.2. The second kappa shape index (κ2) is 9.59. The molecule has 186 valence electrons. The fourth-order valence-electron chi connectivity index (χ4n) is 5.42. The van der Waals surface area contributed by atoms with Gasteiger partial charge in [0.1, 0.15) is 17.1 Å². The van der Waals surface area contributed by atoms with E-state index in [1.54, 1.807) is 13.0 Å². The van der Waals surface area contributed by atoms with E-state index in [4.69, 9.17) is 0 Å². The predicted molar refractivity (Wildman–Crippen MR) is 124 cm³/mol. The summed E-state index contributed by atoms with van der Waals surface area (Å²) in [6, 6.07) is 4.06. The fourth-order valence-corrected chi connectivity index (χ4v) is 5.42. The van der Waals surface area contributed by atoms with Crippen LogP contribution in [0.2, 0.25) is 0 Å². The second-order valence-electron chi connectivity index (χ2n) is 9.61. The molecule has 2 unspecified atom stereocenters. The number of carbonyl (C=O) groups excluding carboxylic acids is 2. The smallest absolute Gasteiger partial charge is 0.416 e. The number of alkyl halides is 3. The summed E-state index contributed by atoms with van der Waals surface area (Å²) >= 11 is 0. The number of benzene rings is 1. The predicted octanol–water partition coefficient (Wildman–Crippen LogP) is 7.28. The van der Waals surface area contributed by atoms with Crippen LogP contribution in [0.1, 0.15) is 88.3 Å². The Morgan fingerprint density at radius 2 is 1.71 bits per heavy atom. The summed E-state index contributed by atoms with van der Waals surface area (Å²) in [5.74, 6) is -3.39. The van der Waals surface area contributed by atoms with Gasteiger partial charge in [0.25, 0.3) is 0 Å². The summed E-state index contributed by atoms with van der Waals surface area (Å²) in [4.78, 5) is 27.2. The van der Waals surface area contributed by atoms with Gasteiger partial charge in [0, 0.05) is 11.5 Å². The highest BCUT2D eigenvalue weighted by Crippen LogP contribution is 2.55. The molecule has 1 fully saturated rings. The van der Waals surface area contributed by atoms with E-state index in [0.717, 1.165) is 6.07 Å². The van der Waals surface area contributed by atoms with Gasteiger partial charge in [-0.1, -0.05) is 57.7 Å². The molecule has 0 heterocycles. The monoisotopic (exact) mass is 478 g/mol. The average Bonchev–Trinajstić information content (AvgIpc) is 3.56. The van der Waals surface area contributed by atoms with Crippen LogP contribution in [0.4, 0.5) is 13.2 Å². The third-order valence-electron chi connectivity index (χ3n) is 7.06. The minimum absolute atomic E-state index is 0.0420. The van der Waals surface area contributed by atoms with Gasteiger partial charge in [-0.3, -0.25) is 9.59 Å². The molecule has 1 aromatic carbocycles. The molecule has 2 N–H and O–H groups in total. The standard InChI is InChI=1S/C27H33F3O4/c1-5-8-17-22(31)21(25(34)26(11-6-2,12-7-3)24(17)33)23(32)19-14-18(19)16-10-9-15(4)13-20(16)27(28,29)30/h9-10,13,18-19,31,33H,5-8,11-12,14H2,1-4H3. The Balaban J connectivity index is 2.05. The first-order chi connectivity index (χ1) is 15.9. The number of carbonyl (C=O) groups is 2. The number of allylic oxidation sites excluding steroid dienone is 3. The van der Waals surface area contributed by atoms with E-state index >= 15 is 0 Å². The summed E-state index contributed by atoms with van der Waals surface area (Å²) < 4.78 is 41.0. The van der Waals surface area contributed by atoms with Crippen molar-refractivity contribution in [1.29, 1.82) is 0 Å². The number of Topliss-reactive ketones (excluding diaryl/α,β-unsaturated/α-hetero) is 2. The Kier molecular flexibility index (Phi) is 7.34. The van der Waals surface area contributed by atoms with E-state index < -0.39 is 46.3 Å². The van der Waals surface area contributed by atoms with Crippen molar-refractivity contribution in [1.82, 2.24) is 0 Å². The van der Waals surface area contributed by atoms with Crippen molar-refractivity contribution in [2.24, 2.45) is 11.3 Å². The van der Waals surface area contributed by atoms with Crippen molar-refractivity contribution in [3.05, 3.63) is 57.6 Å². The van der Waals surface area contributed by atoms with E-state index in [2.05, 4.69) is 0 Å². The molecule has 34 heavy (non-hydrogen) atoms. The maximum absolute atomic E-state index is 13.7. The Bertz CT molecular complexity index is 1040. The zero-order valence-electron chi connectivity index (χ0n) is 20.2. The van der Waals surface area contributed by atoms with Crippen molar-refractivity contribution in [2.75, 3.05) is 0 Å². The van der Waals surface area contributed by atoms with E-state index in [-0.39, 0.29) is 28.9 Å². The molecule has 0 saturated heterocycles. The summed E-state index contributed by atoms with van der Waals surface area (Å²) in [6.07, 6.45) is -1.68. The first-order valence-electron chi connectivity index (χ1n) is 12.1. The number of hydrogen-bond acceptors (Lipinski definition) is 4. The molecule has 4 nitrogen and oxygen atoms in total. The molecule has 0 aromatic heterocycles. The maximum Gasteiger partial charge on any atom is 0.416 e. The summed E-state index contributed by atoms with van der Waals surface area (Å²) in [6.45, 7) is 7.20. The quantitative estimate of drug-likeness (QED) is 0.366. The summed E-state index contributed by atoms with van der Waals surface area (Å²) in [5.41, 5.74) is -1.68. The topological polar surface area (TPSA) is 74.6 Å². The molecule has 2 atom stereocenters. The zero-order chi connectivity index (χ0) is 25.4. The lowest BCUT2D eigenvalue weighted by molar-refractivity contribution is -0.138. The van der Waals surface area contributed by atoms with Crippen molar-refractivity contribution in [3.63, 3.8) is 0 Å². The van der Waals surface area contributed by atoms with Crippen molar-refractivity contribution in [2.45, 2.75) is 84.7 Å². The van der Waals surface area contributed by atoms with Crippen LogP contribution in [-0.4, -0.2) is 21.8 Å². The lowest BCUT2D eigenvalue weighted by Gasteiger charge is -2.37. The third-order valence-corrected chi connectivity index (χ3v) is 7.06. The normalized spacial score (nSPS) is 22.4. The molecule has 0 bridgehead atoms. The minimum Gasteiger partial charge on any atom is -0.511 e. The first-order valence-corrected chi connectivity index (χ1v) is 12.1. The minimum atomic E-state index is -4.56. The van der Waals surface area contributed by atoms with Crippen molar-refractivity contribution < 1.29 is 33.0 Å². The number of hydrogen-bond donors (Lipinski definition) is 2. The van der Waals surface area contributed by atoms with Crippen LogP contribution in [0.15, 0.2) is 40.9 Å². The SMILES string of the molecule is CCCC1=C(O)C(CCC)(CCC)C(=O)C(C(=O)C2CC2c2ccc(C)cc2C(F)(F)F)=C1O. The van der Waals surface area contributed by atoms with Gasteiger partial charge in [0.05, 0.1) is 11.0 Å². The molecule has 7 heteroatoms. The highest BCUT2D eigenvalue weighted by atomic mass is 19.4. The highest BCUT2D eigenvalue weighted by molar-refractivity contribution is 6.25. The van der Waals surface area contributed by atoms with Crippen LogP contribution in [-0.2, 0) is 15.8 Å². The molecule has 0 radical (unpaired) electrons. The molecule has 1 saturated carbocycles. The maximum atomic E-state index is 13.7. The highest BCUT2D eigenvalue weighted by Gasteiger charge is 2.55. The van der Waals surface area contributed by atoms with Gasteiger partial charge in [-0.2, -0.15) is 13.2 Å². The van der Waals surface area contributed by atoms with Gasteiger partial charge >= 0.3 is 6.18 Å². The van der Waals surface area contributed by atoms with Crippen molar-refractivity contribution in [3.8, 4) is 0 Å². The Morgan fingerprint density at radius 3 is 2.24 bits per heavy atom. The molecule has 2 aliphatic carbocycles. The van der Waals surface area contributed by atoms with E-state index in [1.165, 1.54) is 6.07 Å². The summed E-state index contributed by atoms with van der Waals surface area (Å²) in [5, 5.41) is 22.0. The van der Waals surface area contributed by atoms with Gasteiger partial charge in [-0.15, -0.1) is 0 Å². The number of aliphatic hydroxyl groups is 2. The number of aliphatic hydroxyl groups excluding tert-OH is 2. The first kappa shape index (κ1) is 26.0. The van der Waals surface area contributed by atoms with Crippen LogP contribution < -0.4 is 0 Å². The Labute approximate surface area is 198 Å². The van der Waals surface area contributed by atoms with Crippen LogP contribution in [0, 0.1) is 18.3 Å². The van der Waals surface area contributed by atoms with Crippen molar-refractivity contribution >= 4 is 11.6 Å². The Hall–Kier alpha value is -2.57. The molecular formula is C27H33F3O4. The number of rotatable bonds is 9. The van der Waals surface area contributed by atoms with E-state index in [0.29, 0.717) is 44.1 Å². The van der Waals surface area contributed by atoms with Crippen LogP contribution in [0.25, 0.3) is 0 Å². The number of ketones is 2. The van der Waals surface area contributed by atoms with Gasteiger partial charge in [0.15, 0.2) is 11.6 Å².